The van der Waals surface area contributed by atoms with Crippen LogP contribution >= 0.6 is 0 Å². The fourth-order valence-electron chi connectivity index (χ4n) is 3.70. The largest absolute Gasteiger partial charge is 0.505 e. The lowest BCUT2D eigenvalue weighted by atomic mass is 9.93. The van der Waals surface area contributed by atoms with Crippen LogP contribution in [-0.2, 0) is 22.9 Å². The van der Waals surface area contributed by atoms with Crippen molar-refractivity contribution in [3.8, 4) is 5.75 Å². The van der Waals surface area contributed by atoms with Crippen LogP contribution in [-0.4, -0.2) is 29.3 Å². The van der Waals surface area contributed by atoms with E-state index in [0.29, 0.717) is 23.6 Å². The number of carbonyl (C=O) groups excluding carboxylic acids is 1. The number of azo groups is 1. The van der Waals surface area contributed by atoms with Crippen LogP contribution in [0.25, 0.3) is 0 Å². The number of nitrogens with one attached hydrogen (secondary N) is 1. The van der Waals surface area contributed by atoms with Crippen molar-refractivity contribution in [2.45, 2.75) is 17.7 Å². The molecule has 3 aromatic rings. The van der Waals surface area contributed by atoms with Gasteiger partial charge in [0.1, 0.15) is 17.0 Å². The fraction of sp³-hybridized carbons (Fsp3) is 0.0870. The SMILES string of the molecule is O=C(N=Nc1cc(NS(=O)(=O)c2ccccc2)c2c(c1O)CC=CC2)c1ccc([N+](=O)[O-])cc1[N+](=O)[O-]. The summed E-state index contributed by atoms with van der Waals surface area (Å²) in [5.41, 5.74) is -1.23. The van der Waals surface area contributed by atoms with E-state index in [1.165, 1.54) is 18.2 Å². The van der Waals surface area contributed by atoms with E-state index in [4.69, 9.17) is 0 Å². The number of non-ortho nitro benzene ring substituents is 1. The van der Waals surface area contributed by atoms with Gasteiger partial charge in [-0.1, -0.05) is 30.4 Å². The Labute approximate surface area is 209 Å². The van der Waals surface area contributed by atoms with Gasteiger partial charge in [-0.3, -0.25) is 29.7 Å². The molecular weight excluding hydrogens is 506 g/mol. The molecule has 0 unspecified atom stereocenters. The average Bonchev–Trinajstić information content (AvgIpc) is 2.89. The number of nitrogens with zero attached hydrogens (tertiary/aromatic N) is 4. The van der Waals surface area contributed by atoms with Crippen LogP contribution in [0.1, 0.15) is 21.5 Å². The number of rotatable bonds is 7. The zero-order chi connectivity index (χ0) is 26.7. The van der Waals surface area contributed by atoms with Crippen LogP contribution in [0.4, 0.5) is 22.7 Å². The second-order valence-corrected chi connectivity index (χ2v) is 9.45. The molecule has 13 nitrogen and oxygen atoms in total. The minimum absolute atomic E-state index is 0.00649. The number of nitro groups is 2. The van der Waals surface area contributed by atoms with Gasteiger partial charge in [-0.05, 0) is 42.7 Å². The Morgan fingerprint density at radius 1 is 0.946 bits per heavy atom. The minimum Gasteiger partial charge on any atom is -0.505 e. The lowest BCUT2D eigenvalue weighted by molar-refractivity contribution is -0.394. The lowest BCUT2D eigenvalue weighted by Gasteiger charge is -2.19. The van der Waals surface area contributed by atoms with Crippen molar-refractivity contribution in [2.24, 2.45) is 10.2 Å². The maximum Gasteiger partial charge on any atom is 0.302 e. The molecule has 1 aliphatic rings. The highest BCUT2D eigenvalue weighted by Gasteiger charge is 2.25. The van der Waals surface area contributed by atoms with E-state index in [9.17, 15) is 38.5 Å². The van der Waals surface area contributed by atoms with E-state index in [0.717, 1.165) is 12.1 Å². The zero-order valence-corrected chi connectivity index (χ0v) is 19.6. The standard InChI is InChI=1S/C23H17N5O8S/c29-22-17-9-5-4-8-16(17)19(26-37(35,36)15-6-2-1-3-7-15)13-20(22)24-25-23(30)18-11-10-14(27(31)32)12-21(18)28(33)34/h1-7,10-13,26,29H,8-9H2. The molecule has 4 rings (SSSR count). The van der Waals surface area contributed by atoms with Crippen LogP contribution < -0.4 is 4.72 Å². The van der Waals surface area contributed by atoms with Crippen LogP contribution in [0.2, 0.25) is 0 Å². The molecule has 0 spiro atoms. The smallest absolute Gasteiger partial charge is 0.302 e. The number of sulfonamides is 1. The van der Waals surface area contributed by atoms with Crippen LogP contribution in [0.15, 0.2) is 81.9 Å². The number of amides is 1. The van der Waals surface area contributed by atoms with Gasteiger partial charge in [-0.25, -0.2) is 8.42 Å². The van der Waals surface area contributed by atoms with Crippen molar-refractivity contribution in [2.75, 3.05) is 4.72 Å². The molecule has 0 aromatic heterocycles. The molecule has 3 aromatic carbocycles. The number of hydrogen-bond acceptors (Lipinski definition) is 9. The summed E-state index contributed by atoms with van der Waals surface area (Å²) in [6.45, 7) is 0. The van der Waals surface area contributed by atoms with Crippen molar-refractivity contribution < 1.29 is 28.2 Å². The molecule has 1 aliphatic carbocycles. The van der Waals surface area contributed by atoms with E-state index < -0.39 is 42.7 Å². The second-order valence-electron chi connectivity index (χ2n) is 7.77. The summed E-state index contributed by atoms with van der Waals surface area (Å²) in [6.07, 6.45) is 4.15. The number of benzene rings is 3. The Hall–Kier alpha value is -4.98. The van der Waals surface area contributed by atoms with Gasteiger partial charge in [-0.15, -0.1) is 10.2 Å². The molecule has 0 aliphatic heterocycles. The first-order valence-electron chi connectivity index (χ1n) is 10.6. The highest BCUT2D eigenvalue weighted by Crippen LogP contribution is 2.41. The first-order chi connectivity index (χ1) is 17.6. The molecule has 0 saturated heterocycles. The number of phenolic OH excluding ortho intramolecular Hbond substituents is 1. The molecular formula is C23H17N5O8S. The first-order valence-corrected chi connectivity index (χ1v) is 12.1. The number of carbonyl (C=O) groups is 1. The van der Waals surface area contributed by atoms with Gasteiger partial charge in [0.25, 0.3) is 21.4 Å². The van der Waals surface area contributed by atoms with Gasteiger partial charge in [0.2, 0.25) is 0 Å². The summed E-state index contributed by atoms with van der Waals surface area (Å²) in [6, 6.07) is 11.2. The summed E-state index contributed by atoms with van der Waals surface area (Å²) in [5, 5.41) is 40.2. The maximum atomic E-state index is 12.9. The minimum atomic E-state index is -4.00. The van der Waals surface area contributed by atoms with Crippen LogP contribution in [0.3, 0.4) is 0 Å². The predicted molar refractivity (Wildman–Crippen MR) is 131 cm³/mol. The van der Waals surface area contributed by atoms with Crippen molar-refractivity contribution in [1.82, 2.24) is 0 Å². The third-order valence-electron chi connectivity index (χ3n) is 5.48. The highest BCUT2D eigenvalue weighted by atomic mass is 32.2. The Balaban J connectivity index is 1.73. The Kier molecular flexibility index (Phi) is 6.75. The number of aromatic hydroxyl groups is 1. The molecule has 14 heteroatoms. The second kappa shape index (κ2) is 9.94. The van der Waals surface area contributed by atoms with Gasteiger partial charge in [-0.2, -0.15) is 0 Å². The van der Waals surface area contributed by atoms with Crippen molar-refractivity contribution in [1.29, 1.82) is 0 Å². The lowest BCUT2D eigenvalue weighted by Crippen LogP contribution is -2.15. The fourth-order valence-corrected chi connectivity index (χ4v) is 4.80. The summed E-state index contributed by atoms with van der Waals surface area (Å²) in [7, 11) is -4.00. The summed E-state index contributed by atoms with van der Waals surface area (Å²) in [4.78, 5) is 33.0. The Morgan fingerprint density at radius 2 is 1.62 bits per heavy atom. The molecule has 188 valence electrons. The third-order valence-corrected chi connectivity index (χ3v) is 6.86. The van der Waals surface area contributed by atoms with E-state index in [-0.39, 0.29) is 28.4 Å². The maximum absolute atomic E-state index is 12.9. The van der Waals surface area contributed by atoms with Gasteiger partial charge in [0, 0.05) is 11.6 Å². The molecule has 0 fully saturated rings. The zero-order valence-electron chi connectivity index (χ0n) is 18.8. The summed E-state index contributed by atoms with van der Waals surface area (Å²) in [5.74, 6) is -1.53. The summed E-state index contributed by atoms with van der Waals surface area (Å²) < 4.78 is 28.3. The van der Waals surface area contributed by atoms with E-state index in [1.54, 1.807) is 30.4 Å². The number of allylic oxidation sites excluding steroid dienone is 2. The molecule has 0 radical (unpaired) electrons. The van der Waals surface area contributed by atoms with Gasteiger partial charge in [0.05, 0.1) is 26.5 Å². The van der Waals surface area contributed by atoms with Crippen LogP contribution in [0.5, 0.6) is 5.75 Å². The highest BCUT2D eigenvalue weighted by molar-refractivity contribution is 7.92. The number of fused-ring (bicyclic) bond motifs is 1. The van der Waals surface area contributed by atoms with E-state index >= 15 is 0 Å². The Morgan fingerprint density at radius 3 is 2.27 bits per heavy atom. The van der Waals surface area contributed by atoms with Crippen molar-refractivity contribution >= 4 is 38.7 Å². The number of phenols is 1. The predicted octanol–water partition coefficient (Wildman–Crippen LogP) is 4.59. The van der Waals surface area contributed by atoms with Crippen molar-refractivity contribution in [3.63, 3.8) is 0 Å². The van der Waals surface area contributed by atoms with E-state index in [2.05, 4.69) is 15.0 Å². The Bertz CT molecular complexity index is 1600. The number of nitro benzene ring substituents is 2. The topological polar surface area (TPSA) is 194 Å². The first kappa shape index (κ1) is 25.1. The molecule has 2 N–H and O–H groups in total. The van der Waals surface area contributed by atoms with Crippen LogP contribution in [0, 0.1) is 20.2 Å². The van der Waals surface area contributed by atoms with Gasteiger partial charge in [0.15, 0.2) is 0 Å². The number of anilines is 1. The van der Waals surface area contributed by atoms with Gasteiger partial charge >= 0.3 is 5.91 Å². The number of hydrogen-bond donors (Lipinski definition) is 2. The van der Waals surface area contributed by atoms with E-state index in [1.807, 2.05) is 0 Å². The normalized spacial score (nSPS) is 12.8. The quantitative estimate of drug-likeness (QED) is 0.147. The molecule has 0 saturated carbocycles. The third kappa shape index (κ3) is 5.18. The summed E-state index contributed by atoms with van der Waals surface area (Å²) >= 11 is 0. The molecule has 0 heterocycles. The molecule has 1 amide bonds. The van der Waals surface area contributed by atoms with Crippen molar-refractivity contribution in [3.05, 3.63) is 104 Å². The molecule has 0 atom stereocenters. The van der Waals surface area contributed by atoms with Gasteiger partial charge < -0.3 is 5.11 Å². The molecule has 0 bridgehead atoms. The molecule has 37 heavy (non-hydrogen) atoms. The average molecular weight is 523 g/mol. The monoisotopic (exact) mass is 523 g/mol.